The lowest BCUT2D eigenvalue weighted by atomic mass is 9.97. The maximum atomic E-state index is 12.8. The summed E-state index contributed by atoms with van der Waals surface area (Å²) in [6.45, 7) is 0. The Hall–Kier alpha value is -3.07. The molecule has 0 heterocycles. The van der Waals surface area contributed by atoms with Gasteiger partial charge < -0.3 is 10.5 Å². The van der Waals surface area contributed by atoms with Crippen LogP contribution in [0.1, 0.15) is 27.0 Å². The van der Waals surface area contributed by atoms with Gasteiger partial charge in [0.05, 0.1) is 12.7 Å². The normalized spacial score (nSPS) is 10.4. The summed E-state index contributed by atoms with van der Waals surface area (Å²) in [5, 5.41) is 0. The molecule has 0 atom stereocenters. The van der Waals surface area contributed by atoms with E-state index in [0.29, 0.717) is 22.6 Å². The predicted molar refractivity (Wildman–Crippen MR) is 96.5 cm³/mol. The molecule has 3 rings (SSSR count). The van der Waals surface area contributed by atoms with Gasteiger partial charge in [-0.1, -0.05) is 48.5 Å². The standard InChI is InChI=1S/C21H19NO2/c1-24-20-10-6-5-9-18(20)21(23)17-12-11-16(14-19(17)22)13-15-7-3-2-4-8-15/h2-12,14H,13,22H2,1H3. The van der Waals surface area contributed by atoms with E-state index in [2.05, 4.69) is 12.1 Å². The van der Waals surface area contributed by atoms with Crippen LogP contribution in [0.4, 0.5) is 5.69 Å². The maximum Gasteiger partial charge on any atom is 0.198 e. The first-order chi connectivity index (χ1) is 11.7. The number of anilines is 1. The van der Waals surface area contributed by atoms with Crippen molar-refractivity contribution in [2.24, 2.45) is 0 Å². The molecule has 0 bridgehead atoms. The fourth-order valence-electron chi connectivity index (χ4n) is 2.74. The molecule has 3 aromatic carbocycles. The van der Waals surface area contributed by atoms with Gasteiger partial charge in [0, 0.05) is 11.3 Å². The molecule has 2 N–H and O–H groups in total. The Morgan fingerprint density at radius 2 is 1.58 bits per heavy atom. The van der Waals surface area contributed by atoms with Crippen molar-refractivity contribution in [3.05, 3.63) is 95.1 Å². The Labute approximate surface area is 141 Å². The molecule has 3 aromatic rings. The minimum atomic E-state index is -0.129. The number of hydrogen-bond donors (Lipinski definition) is 1. The molecule has 3 heteroatoms. The molecule has 0 aliphatic carbocycles. The largest absolute Gasteiger partial charge is 0.496 e. The number of ketones is 1. The van der Waals surface area contributed by atoms with Gasteiger partial charge >= 0.3 is 0 Å². The second-order valence-corrected chi connectivity index (χ2v) is 5.61. The van der Waals surface area contributed by atoms with E-state index >= 15 is 0 Å². The Morgan fingerprint density at radius 3 is 2.29 bits per heavy atom. The number of carbonyl (C=O) groups excluding carboxylic acids is 1. The van der Waals surface area contributed by atoms with Crippen molar-refractivity contribution in [3.63, 3.8) is 0 Å². The van der Waals surface area contributed by atoms with Crippen molar-refractivity contribution in [3.8, 4) is 5.75 Å². The third-order valence-corrected chi connectivity index (χ3v) is 3.96. The lowest BCUT2D eigenvalue weighted by Crippen LogP contribution is -2.07. The van der Waals surface area contributed by atoms with E-state index in [9.17, 15) is 4.79 Å². The average molecular weight is 317 g/mol. The zero-order valence-electron chi connectivity index (χ0n) is 13.5. The van der Waals surface area contributed by atoms with Gasteiger partial charge in [-0.3, -0.25) is 4.79 Å². The predicted octanol–water partition coefficient (Wildman–Crippen LogP) is 4.10. The molecule has 0 saturated carbocycles. The zero-order valence-corrected chi connectivity index (χ0v) is 13.5. The maximum absolute atomic E-state index is 12.8. The van der Waals surface area contributed by atoms with Crippen LogP contribution in [-0.2, 0) is 6.42 Å². The fraction of sp³-hybridized carbons (Fsp3) is 0.0952. The van der Waals surface area contributed by atoms with Crippen LogP contribution in [0.3, 0.4) is 0 Å². The summed E-state index contributed by atoms with van der Waals surface area (Å²) in [6.07, 6.45) is 0.786. The summed E-state index contributed by atoms with van der Waals surface area (Å²) in [6, 6.07) is 22.9. The Bertz CT molecular complexity index is 857. The number of methoxy groups -OCH3 is 1. The number of nitrogen functional groups attached to an aromatic ring is 1. The van der Waals surface area contributed by atoms with Gasteiger partial charge in [0.25, 0.3) is 0 Å². The number of para-hydroxylation sites is 1. The van der Waals surface area contributed by atoms with Crippen molar-refractivity contribution >= 4 is 11.5 Å². The van der Waals surface area contributed by atoms with Crippen LogP contribution in [0.25, 0.3) is 0 Å². The molecule has 3 nitrogen and oxygen atoms in total. The second-order valence-electron chi connectivity index (χ2n) is 5.61. The van der Waals surface area contributed by atoms with E-state index in [1.54, 1.807) is 25.3 Å². The molecule has 24 heavy (non-hydrogen) atoms. The van der Waals surface area contributed by atoms with Crippen molar-refractivity contribution in [2.45, 2.75) is 6.42 Å². The van der Waals surface area contributed by atoms with Gasteiger partial charge in [-0.2, -0.15) is 0 Å². The summed E-state index contributed by atoms with van der Waals surface area (Å²) >= 11 is 0. The minimum absolute atomic E-state index is 0.129. The molecular formula is C21H19NO2. The van der Waals surface area contributed by atoms with Crippen LogP contribution >= 0.6 is 0 Å². The van der Waals surface area contributed by atoms with Gasteiger partial charge in [0.1, 0.15) is 5.75 Å². The van der Waals surface area contributed by atoms with Crippen LogP contribution in [0.5, 0.6) is 5.75 Å². The van der Waals surface area contributed by atoms with E-state index in [1.165, 1.54) is 5.56 Å². The van der Waals surface area contributed by atoms with Crippen molar-refractivity contribution in [2.75, 3.05) is 12.8 Å². The van der Waals surface area contributed by atoms with E-state index in [4.69, 9.17) is 10.5 Å². The topological polar surface area (TPSA) is 52.3 Å². The third-order valence-electron chi connectivity index (χ3n) is 3.96. The summed E-state index contributed by atoms with van der Waals surface area (Å²) < 4.78 is 5.27. The molecule has 0 aliphatic heterocycles. The molecule has 120 valence electrons. The number of ether oxygens (including phenoxy) is 1. The third kappa shape index (κ3) is 3.30. The van der Waals surface area contributed by atoms with E-state index < -0.39 is 0 Å². The highest BCUT2D eigenvalue weighted by molar-refractivity contribution is 6.13. The number of benzene rings is 3. The van der Waals surface area contributed by atoms with Crippen molar-refractivity contribution in [1.82, 2.24) is 0 Å². The van der Waals surface area contributed by atoms with Crippen LogP contribution in [0.15, 0.2) is 72.8 Å². The summed E-state index contributed by atoms with van der Waals surface area (Å²) in [5.74, 6) is 0.423. The first-order valence-electron chi connectivity index (χ1n) is 7.79. The molecule has 0 amide bonds. The van der Waals surface area contributed by atoms with Gasteiger partial charge in [-0.25, -0.2) is 0 Å². The van der Waals surface area contributed by atoms with Crippen molar-refractivity contribution < 1.29 is 9.53 Å². The Balaban J connectivity index is 1.88. The van der Waals surface area contributed by atoms with Crippen LogP contribution < -0.4 is 10.5 Å². The quantitative estimate of drug-likeness (QED) is 0.569. The second kappa shape index (κ2) is 7.01. The summed E-state index contributed by atoms with van der Waals surface area (Å²) in [4.78, 5) is 12.8. The molecule has 0 fully saturated rings. The number of carbonyl (C=O) groups is 1. The molecule has 0 aromatic heterocycles. The highest BCUT2D eigenvalue weighted by atomic mass is 16.5. The lowest BCUT2D eigenvalue weighted by molar-refractivity contribution is 0.103. The lowest BCUT2D eigenvalue weighted by Gasteiger charge is -2.10. The zero-order chi connectivity index (χ0) is 16.9. The average Bonchev–Trinajstić information content (AvgIpc) is 2.62. The first kappa shape index (κ1) is 15.8. The molecule has 0 unspecified atom stereocenters. The Morgan fingerprint density at radius 1 is 0.875 bits per heavy atom. The SMILES string of the molecule is COc1ccccc1C(=O)c1ccc(Cc2ccccc2)cc1N. The number of hydrogen-bond acceptors (Lipinski definition) is 3. The van der Waals surface area contributed by atoms with Crippen LogP contribution in [0.2, 0.25) is 0 Å². The van der Waals surface area contributed by atoms with Crippen LogP contribution in [-0.4, -0.2) is 12.9 Å². The molecule has 0 spiro atoms. The van der Waals surface area contributed by atoms with E-state index in [-0.39, 0.29) is 5.78 Å². The number of rotatable bonds is 5. The first-order valence-corrected chi connectivity index (χ1v) is 7.79. The highest BCUT2D eigenvalue weighted by Gasteiger charge is 2.16. The number of nitrogens with two attached hydrogens (primary N) is 1. The summed E-state index contributed by atoms with van der Waals surface area (Å²) in [5.41, 5.74) is 9.93. The van der Waals surface area contributed by atoms with E-state index in [0.717, 1.165) is 12.0 Å². The molecule has 0 aliphatic rings. The highest BCUT2D eigenvalue weighted by Crippen LogP contribution is 2.25. The smallest absolute Gasteiger partial charge is 0.198 e. The Kier molecular flexibility index (Phi) is 4.62. The minimum Gasteiger partial charge on any atom is -0.496 e. The molecular weight excluding hydrogens is 298 g/mol. The van der Waals surface area contributed by atoms with Gasteiger partial charge in [-0.15, -0.1) is 0 Å². The van der Waals surface area contributed by atoms with Crippen molar-refractivity contribution in [1.29, 1.82) is 0 Å². The summed E-state index contributed by atoms with van der Waals surface area (Å²) in [7, 11) is 1.55. The fourth-order valence-corrected chi connectivity index (χ4v) is 2.74. The van der Waals surface area contributed by atoms with Gasteiger partial charge in [-0.05, 0) is 41.8 Å². The molecule has 0 radical (unpaired) electrons. The molecule has 0 saturated heterocycles. The van der Waals surface area contributed by atoms with E-state index in [1.807, 2.05) is 42.5 Å². The monoisotopic (exact) mass is 317 g/mol. The van der Waals surface area contributed by atoms with Crippen LogP contribution in [0, 0.1) is 0 Å². The van der Waals surface area contributed by atoms with Gasteiger partial charge in [0.15, 0.2) is 5.78 Å². The van der Waals surface area contributed by atoms with Gasteiger partial charge in [0.2, 0.25) is 0 Å².